The molecular formula is C23H23N5O3. The van der Waals surface area contributed by atoms with Crippen molar-refractivity contribution in [3.8, 4) is 11.5 Å². The van der Waals surface area contributed by atoms with E-state index in [1.807, 2.05) is 47.0 Å². The van der Waals surface area contributed by atoms with Gasteiger partial charge in [-0.2, -0.15) is 0 Å². The van der Waals surface area contributed by atoms with Crippen LogP contribution in [-0.2, 0) is 13.1 Å². The maximum absolute atomic E-state index is 13.2. The van der Waals surface area contributed by atoms with Crippen LogP contribution in [0.25, 0.3) is 22.2 Å². The lowest BCUT2D eigenvalue weighted by atomic mass is 10.2. The molecule has 0 radical (unpaired) electrons. The zero-order valence-corrected chi connectivity index (χ0v) is 17.4. The highest BCUT2D eigenvalue weighted by atomic mass is 16.7. The summed E-state index contributed by atoms with van der Waals surface area (Å²) < 4.78 is 12.6. The molecule has 0 saturated heterocycles. The molecular weight excluding hydrogens is 394 g/mol. The fourth-order valence-electron chi connectivity index (χ4n) is 3.81. The van der Waals surface area contributed by atoms with E-state index < -0.39 is 0 Å². The van der Waals surface area contributed by atoms with Crippen LogP contribution in [0, 0.1) is 5.92 Å². The summed E-state index contributed by atoms with van der Waals surface area (Å²) in [7, 11) is 0. The van der Waals surface area contributed by atoms with E-state index >= 15 is 0 Å². The number of anilines is 1. The molecule has 0 bridgehead atoms. The van der Waals surface area contributed by atoms with Gasteiger partial charge in [0.2, 0.25) is 6.79 Å². The minimum Gasteiger partial charge on any atom is -0.454 e. The topological polar surface area (TPSA) is 104 Å². The number of rotatable bonds is 5. The normalized spacial score (nSPS) is 12.7. The molecule has 158 valence electrons. The van der Waals surface area contributed by atoms with Crippen molar-refractivity contribution in [3.63, 3.8) is 0 Å². The van der Waals surface area contributed by atoms with Crippen molar-refractivity contribution in [2.24, 2.45) is 5.92 Å². The summed E-state index contributed by atoms with van der Waals surface area (Å²) in [6.45, 7) is 5.37. The molecule has 1 aliphatic heterocycles. The number of amides is 1. The second-order valence-corrected chi connectivity index (χ2v) is 8.02. The van der Waals surface area contributed by atoms with Crippen molar-refractivity contribution in [1.82, 2.24) is 19.9 Å². The zero-order valence-electron chi connectivity index (χ0n) is 17.4. The predicted octanol–water partition coefficient (Wildman–Crippen LogP) is 3.48. The number of nitrogens with two attached hydrogens (primary N) is 1. The van der Waals surface area contributed by atoms with E-state index in [4.69, 9.17) is 25.2 Å². The van der Waals surface area contributed by atoms with E-state index in [9.17, 15) is 4.79 Å². The average molecular weight is 417 g/mol. The van der Waals surface area contributed by atoms with Gasteiger partial charge in [-0.3, -0.25) is 4.79 Å². The first kappa shape index (κ1) is 19.2. The minimum absolute atomic E-state index is 0.212. The summed E-state index contributed by atoms with van der Waals surface area (Å²) in [6.07, 6.45) is 0. The van der Waals surface area contributed by atoms with Crippen molar-refractivity contribution in [2.45, 2.75) is 26.9 Å². The summed E-state index contributed by atoms with van der Waals surface area (Å²) in [5.41, 5.74) is 10.3. The van der Waals surface area contributed by atoms with Gasteiger partial charge in [0.25, 0.3) is 5.91 Å². The van der Waals surface area contributed by atoms with E-state index in [1.165, 1.54) is 0 Å². The number of nitrogens with zero attached hydrogens (tertiary/aromatic N) is 3. The summed E-state index contributed by atoms with van der Waals surface area (Å²) in [5.74, 6) is 1.81. The van der Waals surface area contributed by atoms with Crippen LogP contribution in [0.15, 0.2) is 42.5 Å². The number of fused-ring (bicyclic) bond motifs is 3. The number of nitrogens with one attached hydrogen (secondary N) is 1. The van der Waals surface area contributed by atoms with Crippen LogP contribution < -0.4 is 20.5 Å². The number of hydrogen-bond donors (Lipinski definition) is 2. The first-order chi connectivity index (χ1) is 15.0. The lowest BCUT2D eigenvalue weighted by Gasteiger charge is -2.10. The molecule has 4 aromatic rings. The van der Waals surface area contributed by atoms with Gasteiger partial charge in [-0.15, -0.1) is 0 Å². The number of ether oxygens (including phenoxy) is 2. The van der Waals surface area contributed by atoms with Gasteiger partial charge in [-0.05, 0) is 35.7 Å². The molecule has 1 amide bonds. The Hall–Kier alpha value is -3.81. The minimum atomic E-state index is -0.285. The quantitative estimate of drug-likeness (QED) is 0.515. The van der Waals surface area contributed by atoms with Crippen molar-refractivity contribution in [3.05, 3.63) is 53.6 Å². The number of carbonyl (C=O) groups is 1. The molecule has 5 rings (SSSR count). The standard InChI is InChI=1S/C23H23N5O3/c1-13(2)11-28-21(24)19(20-22(28)27-16-6-4-3-5-15(16)26-20)23(29)25-10-14-7-8-17-18(9-14)31-12-30-17/h3-9,13H,10-12,24H2,1-2H3,(H,25,29). The van der Waals surface area contributed by atoms with Gasteiger partial charge >= 0.3 is 0 Å². The second kappa shape index (κ2) is 7.46. The molecule has 3 N–H and O–H groups in total. The second-order valence-electron chi connectivity index (χ2n) is 8.02. The van der Waals surface area contributed by atoms with E-state index in [0.29, 0.717) is 53.1 Å². The van der Waals surface area contributed by atoms with E-state index in [2.05, 4.69) is 19.2 Å². The average Bonchev–Trinajstić information content (AvgIpc) is 3.32. The zero-order chi connectivity index (χ0) is 21.5. The Kier molecular flexibility index (Phi) is 4.62. The Morgan fingerprint density at radius 3 is 2.65 bits per heavy atom. The smallest absolute Gasteiger partial charge is 0.257 e. The number of aromatic nitrogens is 3. The first-order valence-electron chi connectivity index (χ1n) is 10.2. The third-order valence-corrected chi connectivity index (χ3v) is 5.26. The molecule has 8 nitrogen and oxygen atoms in total. The SMILES string of the molecule is CC(C)Cn1c(N)c(C(=O)NCc2ccc3c(c2)OCO3)c2nc3ccccc3nc21. The van der Waals surface area contributed by atoms with E-state index in [0.717, 1.165) is 16.6 Å². The monoisotopic (exact) mass is 417 g/mol. The van der Waals surface area contributed by atoms with Crippen LogP contribution in [0.5, 0.6) is 11.5 Å². The number of benzene rings is 2. The fraction of sp³-hybridized carbons (Fsp3) is 0.261. The molecule has 2 aromatic carbocycles. The molecule has 3 heterocycles. The Bertz CT molecular complexity index is 1310. The Morgan fingerprint density at radius 1 is 1.13 bits per heavy atom. The molecule has 0 aliphatic carbocycles. The van der Waals surface area contributed by atoms with Crippen molar-refractivity contribution in [1.29, 1.82) is 0 Å². The van der Waals surface area contributed by atoms with Crippen molar-refractivity contribution >= 4 is 33.9 Å². The van der Waals surface area contributed by atoms with Crippen molar-refractivity contribution < 1.29 is 14.3 Å². The lowest BCUT2D eigenvalue weighted by molar-refractivity contribution is 0.0953. The summed E-state index contributed by atoms with van der Waals surface area (Å²) in [5, 5.41) is 2.96. The van der Waals surface area contributed by atoms with Gasteiger partial charge in [0, 0.05) is 13.1 Å². The van der Waals surface area contributed by atoms with Gasteiger partial charge < -0.3 is 25.1 Å². The van der Waals surface area contributed by atoms with Crippen LogP contribution in [0.1, 0.15) is 29.8 Å². The third-order valence-electron chi connectivity index (χ3n) is 5.26. The van der Waals surface area contributed by atoms with Gasteiger partial charge in [-0.25, -0.2) is 9.97 Å². The van der Waals surface area contributed by atoms with Crippen LogP contribution in [0.3, 0.4) is 0 Å². The molecule has 31 heavy (non-hydrogen) atoms. The molecule has 0 atom stereocenters. The highest BCUT2D eigenvalue weighted by Crippen LogP contribution is 2.33. The van der Waals surface area contributed by atoms with Gasteiger partial charge in [0.05, 0.1) is 11.0 Å². The third kappa shape index (κ3) is 3.39. The first-order valence-corrected chi connectivity index (χ1v) is 10.2. The summed E-state index contributed by atoms with van der Waals surface area (Å²) >= 11 is 0. The van der Waals surface area contributed by atoms with Crippen LogP contribution in [-0.4, -0.2) is 27.2 Å². The molecule has 8 heteroatoms. The molecule has 0 fully saturated rings. The summed E-state index contributed by atoms with van der Waals surface area (Å²) in [4.78, 5) is 22.7. The Balaban J connectivity index is 1.52. The van der Waals surface area contributed by atoms with Crippen LogP contribution >= 0.6 is 0 Å². The number of nitrogen functional groups attached to an aromatic ring is 1. The fourth-order valence-corrected chi connectivity index (χ4v) is 3.81. The molecule has 0 spiro atoms. The molecule has 2 aromatic heterocycles. The predicted molar refractivity (Wildman–Crippen MR) is 118 cm³/mol. The Morgan fingerprint density at radius 2 is 1.87 bits per heavy atom. The highest BCUT2D eigenvalue weighted by Gasteiger charge is 2.24. The highest BCUT2D eigenvalue weighted by molar-refractivity contribution is 6.10. The van der Waals surface area contributed by atoms with E-state index in [-0.39, 0.29) is 12.7 Å². The number of hydrogen-bond acceptors (Lipinski definition) is 6. The molecule has 0 unspecified atom stereocenters. The molecule has 1 aliphatic rings. The van der Waals surface area contributed by atoms with Gasteiger partial charge in [0.15, 0.2) is 17.1 Å². The number of para-hydroxylation sites is 2. The van der Waals surface area contributed by atoms with E-state index in [1.54, 1.807) is 0 Å². The molecule has 0 saturated carbocycles. The maximum Gasteiger partial charge on any atom is 0.257 e. The van der Waals surface area contributed by atoms with Crippen LogP contribution in [0.2, 0.25) is 0 Å². The lowest BCUT2D eigenvalue weighted by Crippen LogP contribution is -2.24. The number of carbonyl (C=O) groups excluding carboxylic acids is 1. The summed E-state index contributed by atoms with van der Waals surface area (Å²) in [6, 6.07) is 13.2. The maximum atomic E-state index is 13.2. The largest absolute Gasteiger partial charge is 0.454 e. The Labute approximate surface area is 179 Å². The van der Waals surface area contributed by atoms with Gasteiger partial charge in [0.1, 0.15) is 16.9 Å². The van der Waals surface area contributed by atoms with Crippen molar-refractivity contribution in [2.75, 3.05) is 12.5 Å². The van der Waals surface area contributed by atoms with Crippen LogP contribution in [0.4, 0.5) is 5.82 Å². The van der Waals surface area contributed by atoms with Gasteiger partial charge in [-0.1, -0.05) is 32.0 Å².